The third kappa shape index (κ3) is 2.77. The summed E-state index contributed by atoms with van der Waals surface area (Å²) in [6, 6.07) is 7.92. The highest BCUT2D eigenvalue weighted by atomic mass is 79.9. The number of aliphatic hydroxyl groups excluding tert-OH is 1. The molecule has 0 aliphatic heterocycles. The second-order valence-corrected chi connectivity index (χ2v) is 7.18. The van der Waals surface area contributed by atoms with E-state index in [1.807, 2.05) is 30.3 Å². The normalized spacial score (nSPS) is 31.0. The van der Waals surface area contributed by atoms with Gasteiger partial charge in [-0.05, 0) is 55.5 Å². The number of fused-ring (bicyclic) bond motifs is 1. The zero-order valence-corrected chi connectivity index (χ0v) is 13.7. The van der Waals surface area contributed by atoms with Gasteiger partial charge in [0.1, 0.15) is 0 Å². The standard InChI is InChI=1S/C18H19BrO2/c1-18-11-13(8-12-4-2-6-15(19)9-12)16(20)10-14(18)5-3-7-17(18)21/h2,4,6,8-10,17,21H,3,5,7,11H2,1H3/t17-,18-/m0/s1. The summed E-state index contributed by atoms with van der Waals surface area (Å²) < 4.78 is 1.00. The first kappa shape index (κ1) is 14.7. The average Bonchev–Trinajstić information content (AvgIpc) is 2.43. The van der Waals surface area contributed by atoms with E-state index in [9.17, 15) is 9.90 Å². The van der Waals surface area contributed by atoms with Gasteiger partial charge in [0.25, 0.3) is 0 Å². The first-order valence-corrected chi connectivity index (χ1v) is 8.18. The molecule has 0 radical (unpaired) electrons. The van der Waals surface area contributed by atoms with E-state index in [2.05, 4.69) is 22.9 Å². The van der Waals surface area contributed by atoms with Gasteiger partial charge in [0.15, 0.2) is 5.78 Å². The van der Waals surface area contributed by atoms with E-state index >= 15 is 0 Å². The van der Waals surface area contributed by atoms with Crippen molar-refractivity contribution in [2.24, 2.45) is 5.41 Å². The van der Waals surface area contributed by atoms with Gasteiger partial charge in [-0.15, -0.1) is 0 Å². The maximum atomic E-state index is 12.3. The van der Waals surface area contributed by atoms with E-state index < -0.39 is 0 Å². The lowest BCUT2D eigenvalue weighted by Crippen LogP contribution is -2.40. The maximum Gasteiger partial charge on any atom is 0.181 e. The molecule has 3 rings (SSSR count). The summed E-state index contributed by atoms with van der Waals surface area (Å²) in [5, 5.41) is 10.4. The molecule has 3 heteroatoms. The van der Waals surface area contributed by atoms with Crippen molar-refractivity contribution in [1.29, 1.82) is 0 Å². The third-order valence-electron chi connectivity index (χ3n) is 4.76. The molecule has 0 bridgehead atoms. The minimum Gasteiger partial charge on any atom is -0.392 e. The predicted octanol–water partition coefficient (Wildman–Crippen LogP) is 4.28. The highest BCUT2D eigenvalue weighted by Crippen LogP contribution is 2.48. The van der Waals surface area contributed by atoms with Gasteiger partial charge in [0.2, 0.25) is 0 Å². The van der Waals surface area contributed by atoms with Crippen molar-refractivity contribution in [3.63, 3.8) is 0 Å². The molecule has 1 N–H and O–H groups in total. The molecule has 2 atom stereocenters. The second kappa shape index (κ2) is 5.54. The summed E-state index contributed by atoms with van der Waals surface area (Å²) in [4.78, 5) is 12.3. The van der Waals surface area contributed by atoms with Crippen molar-refractivity contribution in [2.75, 3.05) is 0 Å². The van der Waals surface area contributed by atoms with Crippen LogP contribution in [0.1, 0.15) is 38.2 Å². The Bertz CT molecular complexity index is 644. The number of hydrogen-bond acceptors (Lipinski definition) is 2. The lowest BCUT2D eigenvalue weighted by molar-refractivity contribution is -0.112. The summed E-state index contributed by atoms with van der Waals surface area (Å²) in [7, 11) is 0. The Kier molecular flexibility index (Phi) is 3.89. The minimum atomic E-state index is -0.350. The summed E-state index contributed by atoms with van der Waals surface area (Å²) in [5.41, 5.74) is 2.65. The van der Waals surface area contributed by atoms with Crippen molar-refractivity contribution >= 4 is 27.8 Å². The Hall–Kier alpha value is -1.19. The van der Waals surface area contributed by atoms with E-state index in [4.69, 9.17) is 0 Å². The zero-order valence-electron chi connectivity index (χ0n) is 12.1. The van der Waals surface area contributed by atoms with Gasteiger partial charge in [-0.1, -0.05) is 40.6 Å². The number of rotatable bonds is 1. The summed E-state index contributed by atoms with van der Waals surface area (Å²) in [6.45, 7) is 2.09. The zero-order chi connectivity index (χ0) is 15.0. The van der Waals surface area contributed by atoms with Crippen LogP contribution >= 0.6 is 15.9 Å². The van der Waals surface area contributed by atoms with Crippen LogP contribution in [0.15, 0.2) is 46.0 Å². The average molecular weight is 347 g/mol. The first-order valence-electron chi connectivity index (χ1n) is 7.38. The van der Waals surface area contributed by atoms with Crippen molar-refractivity contribution in [2.45, 2.75) is 38.7 Å². The van der Waals surface area contributed by atoms with Gasteiger partial charge < -0.3 is 5.11 Å². The van der Waals surface area contributed by atoms with Crippen LogP contribution in [0.25, 0.3) is 6.08 Å². The quantitative estimate of drug-likeness (QED) is 0.770. The molecule has 0 unspecified atom stereocenters. The molecule has 0 aromatic heterocycles. The topological polar surface area (TPSA) is 37.3 Å². The van der Waals surface area contributed by atoms with Crippen molar-refractivity contribution in [3.05, 3.63) is 51.5 Å². The summed E-state index contributed by atoms with van der Waals surface area (Å²) in [5.74, 6) is 0.0940. The Labute approximate surface area is 133 Å². The molecule has 0 saturated heterocycles. The number of carbonyl (C=O) groups excluding carboxylic acids is 1. The molecule has 1 aromatic rings. The molecule has 110 valence electrons. The molecule has 0 amide bonds. The third-order valence-corrected chi connectivity index (χ3v) is 5.26. The van der Waals surface area contributed by atoms with Crippen LogP contribution < -0.4 is 0 Å². The van der Waals surface area contributed by atoms with E-state index in [-0.39, 0.29) is 17.3 Å². The molecular weight excluding hydrogens is 328 g/mol. The molecule has 1 aromatic carbocycles. The van der Waals surface area contributed by atoms with E-state index in [0.29, 0.717) is 6.42 Å². The fourth-order valence-electron chi connectivity index (χ4n) is 3.43. The van der Waals surface area contributed by atoms with Gasteiger partial charge in [-0.3, -0.25) is 4.79 Å². The van der Waals surface area contributed by atoms with E-state index in [0.717, 1.165) is 40.4 Å². The van der Waals surface area contributed by atoms with Crippen LogP contribution in [0.5, 0.6) is 0 Å². The number of carbonyl (C=O) groups is 1. The van der Waals surface area contributed by atoms with Crippen LogP contribution in [0.2, 0.25) is 0 Å². The van der Waals surface area contributed by atoms with Crippen LogP contribution in [-0.2, 0) is 4.79 Å². The molecule has 1 saturated carbocycles. The number of aliphatic hydroxyl groups is 1. The Morgan fingerprint density at radius 2 is 2.24 bits per heavy atom. The highest BCUT2D eigenvalue weighted by Gasteiger charge is 2.43. The molecule has 2 aliphatic rings. The van der Waals surface area contributed by atoms with Crippen LogP contribution in [0, 0.1) is 5.41 Å². The van der Waals surface area contributed by atoms with Crippen molar-refractivity contribution in [1.82, 2.24) is 0 Å². The van der Waals surface area contributed by atoms with E-state index in [1.165, 1.54) is 0 Å². The van der Waals surface area contributed by atoms with Crippen LogP contribution in [-0.4, -0.2) is 17.0 Å². The van der Waals surface area contributed by atoms with Crippen molar-refractivity contribution < 1.29 is 9.90 Å². The second-order valence-electron chi connectivity index (χ2n) is 6.26. The monoisotopic (exact) mass is 346 g/mol. The smallest absolute Gasteiger partial charge is 0.181 e. The molecule has 0 heterocycles. The molecule has 1 fully saturated rings. The lowest BCUT2D eigenvalue weighted by atomic mass is 9.63. The number of allylic oxidation sites excluding steroid dienone is 2. The lowest BCUT2D eigenvalue weighted by Gasteiger charge is -2.43. The van der Waals surface area contributed by atoms with Gasteiger partial charge in [0.05, 0.1) is 6.10 Å². The van der Waals surface area contributed by atoms with Crippen molar-refractivity contribution in [3.8, 4) is 0 Å². The van der Waals surface area contributed by atoms with Gasteiger partial charge in [-0.25, -0.2) is 0 Å². The minimum absolute atomic E-state index is 0.0940. The summed E-state index contributed by atoms with van der Waals surface area (Å²) in [6.07, 6.45) is 6.72. The number of ketones is 1. The SMILES string of the molecule is C[C@]12CC(=Cc3cccc(Br)c3)C(=O)C=C1CCC[C@@H]2O. The summed E-state index contributed by atoms with van der Waals surface area (Å²) >= 11 is 3.45. The predicted molar refractivity (Wildman–Crippen MR) is 87.8 cm³/mol. The Morgan fingerprint density at radius 3 is 3.00 bits per heavy atom. The Balaban J connectivity index is 1.98. The molecule has 2 nitrogen and oxygen atoms in total. The Morgan fingerprint density at radius 1 is 1.43 bits per heavy atom. The largest absolute Gasteiger partial charge is 0.392 e. The number of halogens is 1. The molecule has 2 aliphatic carbocycles. The molecule has 0 spiro atoms. The molecular formula is C18H19BrO2. The maximum absolute atomic E-state index is 12.3. The van der Waals surface area contributed by atoms with Gasteiger partial charge in [0, 0.05) is 15.5 Å². The first-order chi connectivity index (χ1) is 9.99. The highest BCUT2D eigenvalue weighted by molar-refractivity contribution is 9.10. The fraction of sp³-hybridized carbons (Fsp3) is 0.389. The fourth-order valence-corrected chi connectivity index (χ4v) is 3.84. The number of hydrogen-bond donors (Lipinski definition) is 1. The van der Waals surface area contributed by atoms with Crippen LogP contribution in [0.4, 0.5) is 0 Å². The van der Waals surface area contributed by atoms with Gasteiger partial charge in [-0.2, -0.15) is 0 Å². The van der Waals surface area contributed by atoms with Gasteiger partial charge >= 0.3 is 0 Å². The van der Waals surface area contributed by atoms with E-state index in [1.54, 1.807) is 6.08 Å². The van der Waals surface area contributed by atoms with Crippen LogP contribution in [0.3, 0.4) is 0 Å². The number of benzene rings is 1. The molecule has 21 heavy (non-hydrogen) atoms.